The molecule has 4 heterocycles. The van der Waals surface area contributed by atoms with Gasteiger partial charge in [0.1, 0.15) is 5.82 Å². The summed E-state index contributed by atoms with van der Waals surface area (Å²) in [5.41, 5.74) is 9.67. The van der Waals surface area contributed by atoms with Crippen molar-refractivity contribution in [2.45, 2.75) is 31.4 Å². The summed E-state index contributed by atoms with van der Waals surface area (Å²) in [7, 11) is 1.59. The van der Waals surface area contributed by atoms with Gasteiger partial charge < -0.3 is 10.5 Å². The molecule has 26 heavy (non-hydrogen) atoms. The van der Waals surface area contributed by atoms with Gasteiger partial charge in [-0.15, -0.1) is 0 Å². The molecule has 0 aliphatic carbocycles. The molecule has 3 aromatic heterocycles. The van der Waals surface area contributed by atoms with Gasteiger partial charge in [0.15, 0.2) is 5.65 Å². The largest absolute Gasteiger partial charge is 0.481 e. The molecule has 0 saturated carbocycles. The lowest BCUT2D eigenvalue weighted by atomic mass is 9.41. The average molecular weight is 346 g/mol. The van der Waals surface area contributed by atoms with E-state index in [0.29, 0.717) is 17.3 Å². The van der Waals surface area contributed by atoms with Gasteiger partial charge in [-0.25, -0.2) is 15.2 Å². The summed E-state index contributed by atoms with van der Waals surface area (Å²) in [6.45, 7) is 0.100. The van der Waals surface area contributed by atoms with Crippen molar-refractivity contribution >= 4 is 18.2 Å². The zero-order valence-electron chi connectivity index (χ0n) is 14.6. The van der Waals surface area contributed by atoms with Gasteiger partial charge in [0.25, 0.3) is 6.71 Å². The zero-order chi connectivity index (χ0) is 18.1. The molecule has 2 N–H and O–H groups in total. The van der Waals surface area contributed by atoms with Crippen LogP contribution in [0, 0.1) is 11.2 Å². The van der Waals surface area contributed by atoms with Crippen LogP contribution in [0.5, 0.6) is 5.88 Å². The second-order valence-electron chi connectivity index (χ2n) is 6.68. The number of pyridine rings is 1. The fourth-order valence-corrected chi connectivity index (χ4v) is 3.65. The summed E-state index contributed by atoms with van der Waals surface area (Å²) >= 11 is 0. The van der Waals surface area contributed by atoms with Gasteiger partial charge in [0, 0.05) is 41.1 Å². The van der Waals surface area contributed by atoms with Crippen molar-refractivity contribution in [1.82, 2.24) is 19.6 Å². The number of hydrogen-bond acceptors (Lipinski definition) is 6. The van der Waals surface area contributed by atoms with Crippen LogP contribution in [0.3, 0.4) is 0 Å². The minimum atomic E-state index is 0.100. The van der Waals surface area contributed by atoms with Gasteiger partial charge in [-0.2, -0.15) is 9.61 Å². The third-order valence-corrected chi connectivity index (χ3v) is 5.05. The second-order valence-corrected chi connectivity index (χ2v) is 6.68. The van der Waals surface area contributed by atoms with Crippen LogP contribution in [0.2, 0.25) is 12.6 Å². The van der Waals surface area contributed by atoms with Gasteiger partial charge in [-0.1, -0.05) is 19.1 Å². The lowest BCUT2D eigenvalue weighted by Gasteiger charge is -2.23. The van der Waals surface area contributed by atoms with Crippen molar-refractivity contribution in [1.29, 1.82) is 5.26 Å². The molecule has 1 atom stereocenters. The lowest BCUT2D eigenvalue weighted by Crippen LogP contribution is -2.21. The van der Waals surface area contributed by atoms with Crippen molar-refractivity contribution in [3.63, 3.8) is 0 Å². The molecule has 0 amide bonds. The maximum atomic E-state index is 9.26. The molecule has 7 nitrogen and oxygen atoms in total. The zero-order valence-corrected chi connectivity index (χ0v) is 14.6. The van der Waals surface area contributed by atoms with Crippen LogP contribution >= 0.6 is 0 Å². The number of nitriles is 1. The van der Waals surface area contributed by atoms with Crippen LogP contribution < -0.4 is 10.5 Å². The number of nitrogen functional groups attached to an aromatic ring is 1. The number of ether oxygens (including phenoxy) is 1. The van der Waals surface area contributed by atoms with Gasteiger partial charge in [0.05, 0.1) is 13.3 Å². The van der Waals surface area contributed by atoms with Crippen LogP contribution in [-0.2, 0) is 0 Å². The third kappa shape index (κ3) is 2.86. The van der Waals surface area contributed by atoms with Crippen molar-refractivity contribution < 1.29 is 4.74 Å². The second kappa shape index (κ2) is 6.67. The number of hydrogen-bond donors (Lipinski definition) is 1. The van der Waals surface area contributed by atoms with Crippen LogP contribution in [0.25, 0.3) is 16.8 Å². The smallest absolute Gasteiger partial charge is 0.268 e. The average Bonchev–Trinajstić information content (AvgIpc) is 3.12. The number of aromatic nitrogens is 4. The first kappa shape index (κ1) is 16.4. The monoisotopic (exact) mass is 346 g/mol. The maximum absolute atomic E-state index is 9.26. The first-order chi connectivity index (χ1) is 12.7. The molecule has 0 bridgehead atoms. The molecule has 1 unspecified atom stereocenters. The normalized spacial score (nSPS) is 17.2. The summed E-state index contributed by atoms with van der Waals surface area (Å²) in [6, 6.07) is 5.63. The Morgan fingerprint density at radius 1 is 1.38 bits per heavy atom. The Morgan fingerprint density at radius 3 is 3.00 bits per heavy atom. The Kier molecular flexibility index (Phi) is 4.21. The number of methoxy groups -OCH3 is 1. The molecular formula is C18H19BN6O. The summed E-state index contributed by atoms with van der Waals surface area (Å²) in [4.78, 5) is 9.12. The van der Waals surface area contributed by atoms with Crippen LogP contribution in [0.15, 0.2) is 30.6 Å². The predicted molar refractivity (Wildman–Crippen MR) is 100 cm³/mol. The molecule has 0 radical (unpaired) electrons. The minimum absolute atomic E-state index is 0.100. The molecule has 0 spiro atoms. The van der Waals surface area contributed by atoms with Crippen molar-refractivity contribution in [3.05, 3.63) is 36.3 Å². The Morgan fingerprint density at radius 2 is 2.27 bits per heavy atom. The van der Waals surface area contributed by atoms with Gasteiger partial charge in [-0.05, 0) is 18.4 Å². The van der Waals surface area contributed by atoms with Crippen molar-refractivity contribution in [3.8, 4) is 23.0 Å². The quantitative estimate of drug-likeness (QED) is 0.732. The summed E-state index contributed by atoms with van der Waals surface area (Å²) in [5.74, 6) is 3.77. The highest BCUT2D eigenvalue weighted by Gasteiger charge is 2.28. The molecule has 3 aromatic rings. The van der Waals surface area contributed by atoms with E-state index in [1.807, 2.05) is 18.2 Å². The topological polar surface area (TPSA) is 102 Å². The minimum Gasteiger partial charge on any atom is -0.481 e. The van der Waals surface area contributed by atoms with E-state index in [4.69, 9.17) is 15.5 Å². The molecular weight excluding hydrogens is 327 g/mol. The number of anilines is 1. The molecule has 130 valence electrons. The summed E-state index contributed by atoms with van der Waals surface area (Å²) in [6.07, 6.45) is 7.39. The van der Waals surface area contributed by atoms with E-state index in [0.717, 1.165) is 42.3 Å². The Balaban J connectivity index is 1.76. The van der Waals surface area contributed by atoms with Crippen LogP contribution in [0.4, 0.5) is 5.82 Å². The highest BCUT2D eigenvalue weighted by molar-refractivity contribution is 6.67. The summed E-state index contributed by atoms with van der Waals surface area (Å²) < 4.78 is 6.76. The van der Waals surface area contributed by atoms with E-state index in [2.05, 4.69) is 16.1 Å². The van der Waals surface area contributed by atoms with Crippen LogP contribution in [-0.4, -0.2) is 33.4 Å². The van der Waals surface area contributed by atoms with E-state index >= 15 is 0 Å². The molecule has 1 aliphatic heterocycles. The fraction of sp³-hybridized carbons (Fsp3) is 0.333. The predicted octanol–water partition coefficient (Wildman–Crippen LogP) is 2.82. The number of nitrogens with two attached hydrogens (primary N) is 1. The first-order valence-corrected chi connectivity index (χ1v) is 8.73. The van der Waals surface area contributed by atoms with E-state index in [1.54, 1.807) is 24.0 Å². The van der Waals surface area contributed by atoms with Crippen LogP contribution in [0.1, 0.15) is 24.5 Å². The molecule has 4 rings (SSSR count). The highest BCUT2D eigenvalue weighted by Crippen LogP contribution is 2.34. The summed E-state index contributed by atoms with van der Waals surface area (Å²) in [5, 5.41) is 13.6. The Labute approximate surface area is 151 Å². The van der Waals surface area contributed by atoms with Gasteiger partial charge >= 0.3 is 0 Å². The molecule has 1 saturated heterocycles. The number of rotatable bonds is 3. The molecule has 1 aliphatic rings. The van der Waals surface area contributed by atoms with Gasteiger partial charge in [0.2, 0.25) is 5.88 Å². The molecule has 0 aromatic carbocycles. The van der Waals surface area contributed by atoms with E-state index in [9.17, 15) is 5.26 Å². The first-order valence-electron chi connectivity index (χ1n) is 8.73. The van der Waals surface area contributed by atoms with Gasteiger partial charge in [-0.3, -0.25) is 0 Å². The SMILES string of the molecule is COc1ccc(-c2cnn3c(N)cc(C4CCCB(C#N)C4)nc23)cn1. The molecule has 8 heteroatoms. The lowest BCUT2D eigenvalue weighted by molar-refractivity contribution is 0.398. The van der Waals surface area contributed by atoms with E-state index in [1.165, 1.54) is 0 Å². The highest BCUT2D eigenvalue weighted by atomic mass is 16.5. The van der Waals surface area contributed by atoms with Crippen molar-refractivity contribution in [2.24, 2.45) is 0 Å². The van der Waals surface area contributed by atoms with E-state index < -0.39 is 0 Å². The number of nitrogens with zero attached hydrogens (tertiary/aromatic N) is 5. The molecule has 1 fully saturated rings. The van der Waals surface area contributed by atoms with Crippen molar-refractivity contribution in [2.75, 3.05) is 12.8 Å². The Hall–Kier alpha value is -3.08. The third-order valence-electron chi connectivity index (χ3n) is 5.05. The maximum Gasteiger partial charge on any atom is 0.268 e. The Bertz CT molecular complexity index is 978. The standard InChI is InChI=1S/C18H19BN6O/c1-26-17-5-4-13(9-22-17)14-10-23-25-16(21)7-15(24-18(14)25)12-3-2-6-19(8-12)11-20/h4-5,7,9-10,12H,2-3,6,8,21H2,1H3. The van der Waals surface area contributed by atoms with E-state index in [-0.39, 0.29) is 12.6 Å². The fourth-order valence-electron chi connectivity index (χ4n) is 3.65. The number of fused-ring (bicyclic) bond motifs is 1.